The minimum absolute atomic E-state index is 0.812. The molecule has 0 bridgehead atoms. The Hall–Kier alpha value is -7.08. The molecule has 0 fully saturated rings. The van der Waals surface area contributed by atoms with Gasteiger partial charge in [-0.2, -0.15) is 0 Å². The first-order valence-electron chi connectivity index (χ1n) is 18.3. The van der Waals surface area contributed by atoms with Gasteiger partial charge in [0.1, 0.15) is 0 Å². The van der Waals surface area contributed by atoms with Gasteiger partial charge in [0, 0.05) is 43.9 Å². The van der Waals surface area contributed by atoms with Crippen molar-refractivity contribution in [1.29, 1.82) is 0 Å². The first-order valence-corrected chi connectivity index (χ1v) is 19.1. The van der Waals surface area contributed by atoms with Gasteiger partial charge in [0.15, 0.2) is 0 Å². The quantitative estimate of drug-likeness (QED) is 0.164. The molecule has 0 spiro atoms. The van der Waals surface area contributed by atoms with Crippen LogP contribution in [0.4, 0.5) is 0 Å². The second-order valence-corrected chi connectivity index (χ2v) is 14.5. The summed E-state index contributed by atoms with van der Waals surface area (Å²) in [5.74, 6) is 0. The van der Waals surface area contributed by atoms with Crippen molar-refractivity contribution < 1.29 is 0 Å². The minimum atomic E-state index is 0.812. The van der Waals surface area contributed by atoms with E-state index in [9.17, 15) is 0 Å². The lowest BCUT2D eigenvalue weighted by molar-refractivity contribution is 1.22. The number of hydrogen-bond acceptors (Lipinski definition) is 5. The molecule has 0 atom stereocenters. The SMILES string of the molecule is c1ccc(-c2sc3c(c(-c4ccc(-c5ccc(-c6cc(-c7ccccn7)nc(-c7ccccn7)c6)cc5)cc4)nc4ccccc43)c2-c2ccccc2)cc1. The molecule has 0 amide bonds. The van der Waals surface area contributed by atoms with Crippen molar-refractivity contribution in [3.63, 3.8) is 0 Å². The highest BCUT2D eigenvalue weighted by Crippen LogP contribution is 2.50. The molecule has 5 heterocycles. The van der Waals surface area contributed by atoms with Gasteiger partial charge in [-0.3, -0.25) is 9.97 Å². The maximum Gasteiger partial charge on any atom is 0.0900 e. The zero-order valence-corrected chi connectivity index (χ0v) is 30.5. The molecule has 0 saturated heterocycles. The van der Waals surface area contributed by atoms with Crippen LogP contribution in [0.3, 0.4) is 0 Å². The fraction of sp³-hybridized carbons (Fsp3) is 0. The molecule has 10 rings (SSSR count). The lowest BCUT2D eigenvalue weighted by atomic mass is 9.94. The number of benzene rings is 5. The van der Waals surface area contributed by atoms with Crippen LogP contribution >= 0.6 is 11.3 Å². The van der Waals surface area contributed by atoms with Crippen molar-refractivity contribution in [1.82, 2.24) is 19.9 Å². The van der Waals surface area contributed by atoms with E-state index in [0.29, 0.717) is 0 Å². The average molecular weight is 721 g/mol. The van der Waals surface area contributed by atoms with E-state index in [4.69, 9.17) is 9.97 Å². The number of para-hydroxylation sites is 1. The molecule has 10 aromatic rings. The molecule has 5 aromatic carbocycles. The lowest BCUT2D eigenvalue weighted by Gasteiger charge is -2.12. The van der Waals surface area contributed by atoms with Crippen molar-refractivity contribution in [2.24, 2.45) is 0 Å². The number of rotatable bonds is 7. The van der Waals surface area contributed by atoms with E-state index >= 15 is 0 Å². The second kappa shape index (κ2) is 14.0. The van der Waals surface area contributed by atoms with Crippen LogP contribution in [0.5, 0.6) is 0 Å². The van der Waals surface area contributed by atoms with Crippen LogP contribution in [0, 0.1) is 0 Å². The van der Waals surface area contributed by atoms with Gasteiger partial charge in [0.05, 0.1) is 34.0 Å². The van der Waals surface area contributed by atoms with Gasteiger partial charge in [0.2, 0.25) is 0 Å². The van der Waals surface area contributed by atoms with Gasteiger partial charge in [-0.1, -0.05) is 140 Å². The number of hydrogen-bond donors (Lipinski definition) is 0. The van der Waals surface area contributed by atoms with Gasteiger partial charge in [0.25, 0.3) is 0 Å². The lowest BCUT2D eigenvalue weighted by Crippen LogP contribution is -1.94. The largest absolute Gasteiger partial charge is 0.255 e. The zero-order chi connectivity index (χ0) is 36.6. The molecule has 0 unspecified atom stereocenters. The van der Waals surface area contributed by atoms with Crippen molar-refractivity contribution >= 4 is 32.3 Å². The summed E-state index contributed by atoms with van der Waals surface area (Å²) in [6, 6.07) is 63.6. The maximum absolute atomic E-state index is 5.36. The normalized spacial score (nSPS) is 11.3. The first kappa shape index (κ1) is 32.6. The minimum Gasteiger partial charge on any atom is -0.255 e. The summed E-state index contributed by atoms with van der Waals surface area (Å²) in [6.07, 6.45) is 3.60. The third kappa shape index (κ3) is 6.17. The Labute approximate surface area is 323 Å². The predicted octanol–water partition coefficient (Wildman–Crippen LogP) is 13.3. The summed E-state index contributed by atoms with van der Waals surface area (Å²) in [5, 5.41) is 2.37. The van der Waals surface area contributed by atoms with Gasteiger partial charge < -0.3 is 0 Å². The fourth-order valence-electron chi connectivity index (χ4n) is 7.33. The maximum atomic E-state index is 5.36. The molecule has 258 valence electrons. The van der Waals surface area contributed by atoms with Crippen molar-refractivity contribution in [2.45, 2.75) is 0 Å². The van der Waals surface area contributed by atoms with Gasteiger partial charge in [-0.05, 0) is 75.8 Å². The van der Waals surface area contributed by atoms with Crippen LogP contribution in [0.1, 0.15) is 0 Å². The number of nitrogens with zero attached hydrogens (tertiary/aromatic N) is 4. The van der Waals surface area contributed by atoms with Crippen LogP contribution < -0.4 is 0 Å². The predicted molar refractivity (Wildman–Crippen MR) is 229 cm³/mol. The Morgan fingerprint density at radius 1 is 0.364 bits per heavy atom. The van der Waals surface area contributed by atoms with E-state index in [2.05, 4.69) is 156 Å². The van der Waals surface area contributed by atoms with Crippen molar-refractivity contribution in [3.05, 3.63) is 194 Å². The molecule has 55 heavy (non-hydrogen) atoms. The van der Waals surface area contributed by atoms with Gasteiger partial charge in [-0.25, -0.2) is 9.97 Å². The highest BCUT2D eigenvalue weighted by atomic mass is 32.1. The monoisotopic (exact) mass is 720 g/mol. The molecule has 0 N–H and O–H groups in total. The standard InChI is InChI=1S/C50H32N4S/c1-3-13-36(14-4-1)46-47-48(54-41-18-8-7-17-40(41)50(47)55-49(46)38-15-5-2-6-16-38)37-27-25-34(26-28-37)33-21-23-35(24-22-33)39-31-44(42-19-9-11-29-51-42)53-45(32-39)43-20-10-12-30-52-43/h1-32H. The van der Waals surface area contributed by atoms with E-state index in [1.165, 1.54) is 37.0 Å². The Kier molecular flexibility index (Phi) is 8.32. The van der Waals surface area contributed by atoms with E-state index < -0.39 is 0 Å². The highest BCUT2D eigenvalue weighted by molar-refractivity contribution is 7.24. The Morgan fingerprint density at radius 3 is 1.45 bits per heavy atom. The molecular weight excluding hydrogens is 689 g/mol. The van der Waals surface area contributed by atoms with Crippen LogP contribution in [-0.2, 0) is 0 Å². The number of fused-ring (bicyclic) bond motifs is 3. The van der Waals surface area contributed by atoms with E-state index in [0.717, 1.165) is 61.8 Å². The summed E-state index contributed by atoms with van der Waals surface area (Å²) in [7, 11) is 0. The molecular formula is C50H32N4S. The number of aromatic nitrogens is 4. The summed E-state index contributed by atoms with van der Waals surface area (Å²) >= 11 is 1.86. The summed E-state index contributed by atoms with van der Waals surface area (Å²) in [6.45, 7) is 0. The molecule has 0 aliphatic rings. The third-order valence-electron chi connectivity index (χ3n) is 10.0. The van der Waals surface area contributed by atoms with Crippen LogP contribution in [0.25, 0.3) is 98.8 Å². The van der Waals surface area contributed by atoms with E-state index in [1.807, 2.05) is 47.7 Å². The van der Waals surface area contributed by atoms with Crippen LogP contribution in [-0.4, -0.2) is 19.9 Å². The Balaban J connectivity index is 1.05. The molecule has 0 aliphatic heterocycles. The molecule has 0 radical (unpaired) electrons. The number of thiophene rings is 1. The van der Waals surface area contributed by atoms with Crippen LogP contribution in [0.15, 0.2) is 194 Å². The van der Waals surface area contributed by atoms with Crippen LogP contribution in [0.2, 0.25) is 0 Å². The first-order chi connectivity index (χ1) is 27.3. The zero-order valence-electron chi connectivity index (χ0n) is 29.7. The summed E-state index contributed by atoms with van der Waals surface area (Å²) in [5.41, 5.74) is 14.4. The van der Waals surface area contributed by atoms with Gasteiger partial charge >= 0.3 is 0 Å². The summed E-state index contributed by atoms with van der Waals surface area (Å²) < 4.78 is 1.26. The van der Waals surface area contributed by atoms with E-state index in [1.54, 1.807) is 12.4 Å². The van der Waals surface area contributed by atoms with Gasteiger partial charge in [-0.15, -0.1) is 11.3 Å². The smallest absolute Gasteiger partial charge is 0.0900 e. The number of pyridine rings is 4. The molecule has 0 saturated carbocycles. The molecule has 5 aromatic heterocycles. The average Bonchev–Trinajstić information content (AvgIpc) is 3.69. The third-order valence-corrected chi connectivity index (χ3v) is 11.3. The fourth-order valence-corrected chi connectivity index (χ4v) is 8.70. The van der Waals surface area contributed by atoms with Crippen molar-refractivity contribution in [2.75, 3.05) is 0 Å². The Morgan fingerprint density at radius 2 is 0.873 bits per heavy atom. The second-order valence-electron chi connectivity index (χ2n) is 13.4. The molecule has 5 heteroatoms. The Bertz CT molecular complexity index is 2870. The topological polar surface area (TPSA) is 51.6 Å². The van der Waals surface area contributed by atoms with Crippen molar-refractivity contribution in [3.8, 4) is 77.9 Å². The molecule has 4 nitrogen and oxygen atoms in total. The van der Waals surface area contributed by atoms with E-state index in [-0.39, 0.29) is 0 Å². The summed E-state index contributed by atoms with van der Waals surface area (Å²) in [4.78, 5) is 20.7. The molecule has 0 aliphatic carbocycles. The highest BCUT2D eigenvalue weighted by Gasteiger charge is 2.22.